The van der Waals surface area contributed by atoms with Gasteiger partial charge in [0.15, 0.2) is 0 Å². The van der Waals surface area contributed by atoms with Gasteiger partial charge in [0, 0.05) is 11.8 Å². The Hall–Kier alpha value is -1.63. The number of hydrogen-bond acceptors (Lipinski definition) is 1. The van der Waals surface area contributed by atoms with E-state index in [0.29, 0.717) is 0 Å². The monoisotopic (exact) mass is 169 g/mol. The first-order valence-electron chi connectivity index (χ1n) is 4.35. The zero-order chi connectivity index (χ0) is 9.10. The third-order valence-electron chi connectivity index (χ3n) is 2.06. The van der Waals surface area contributed by atoms with Gasteiger partial charge in [-0.3, -0.25) is 4.98 Å². The summed E-state index contributed by atoms with van der Waals surface area (Å²) in [6.07, 6.45) is 1.83. The first kappa shape index (κ1) is 7.99. The minimum atomic E-state index is 1.07. The number of pyridine rings is 1. The van der Waals surface area contributed by atoms with Crippen molar-refractivity contribution in [2.24, 2.45) is 0 Å². The van der Waals surface area contributed by atoms with Crippen molar-refractivity contribution in [3.05, 3.63) is 54.2 Å². The van der Waals surface area contributed by atoms with Crippen LogP contribution in [0.1, 0.15) is 5.56 Å². The lowest BCUT2D eigenvalue weighted by Crippen LogP contribution is -1.85. The van der Waals surface area contributed by atoms with E-state index in [1.54, 1.807) is 0 Å². The van der Waals surface area contributed by atoms with Gasteiger partial charge in [-0.25, -0.2) is 0 Å². The lowest BCUT2D eigenvalue weighted by Gasteiger charge is -2.02. The summed E-state index contributed by atoms with van der Waals surface area (Å²) in [5, 5.41) is 0. The second kappa shape index (κ2) is 3.40. The van der Waals surface area contributed by atoms with E-state index in [9.17, 15) is 0 Å². The molecule has 0 aliphatic rings. The molecular weight excluding hydrogens is 158 g/mol. The molecule has 2 rings (SSSR count). The first-order chi connectivity index (χ1) is 6.38. The molecule has 64 valence electrons. The SMILES string of the molecule is Cc1cccnc1-c1ccccc1. The van der Waals surface area contributed by atoms with Gasteiger partial charge in [-0.2, -0.15) is 0 Å². The Balaban J connectivity index is 2.54. The maximum atomic E-state index is 4.35. The quantitative estimate of drug-likeness (QED) is 0.639. The molecule has 0 spiro atoms. The van der Waals surface area contributed by atoms with Gasteiger partial charge in [0.2, 0.25) is 0 Å². The average molecular weight is 169 g/mol. The highest BCUT2D eigenvalue weighted by Crippen LogP contribution is 2.19. The van der Waals surface area contributed by atoms with Crippen LogP contribution in [0, 0.1) is 6.92 Å². The second-order valence-electron chi connectivity index (χ2n) is 3.03. The van der Waals surface area contributed by atoms with Crippen LogP contribution in [-0.4, -0.2) is 4.98 Å². The van der Waals surface area contributed by atoms with Crippen molar-refractivity contribution in [3.8, 4) is 11.3 Å². The largest absolute Gasteiger partial charge is 0.256 e. The van der Waals surface area contributed by atoms with Crippen molar-refractivity contribution >= 4 is 0 Å². The topological polar surface area (TPSA) is 12.9 Å². The van der Waals surface area contributed by atoms with Gasteiger partial charge < -0.3 is 0 Å². The number of hydrogen-bond donors (Lipinski definition) is 0. The normalized spacial score (nSPS) is 9.92. The summed E-state index contributed by atoms with van der Waals surface area (Å²) in [6, 6.07) is 14.3. The van der Waals surface area contributed by atoms with Crippen LogP contribution in [0.4, 0.5) is 0 Å². The highest BCUT2D eigenvalue weighted by atomic mass is 14.7. The van der Waals surface area contributed by atoms with E-state index in [1.165, 1.54) is 11.1 Å². The molecule has 0 saturated carbocycles. The highest BCUT2D eigenvalue weighted by Gasteiger charge is 1.99. The Bertz CT molecular complexity index is 393. The molecule has 0 unspecified atom stereocenters. The van der Waals surface area contributed by atoms with Crippen molar-refractivity contribution < 1.29 is 0 Å². The molecule has 0 aliphatic carbocycles. The van der Waals surface area contributed by atoms with Crippen LogP contribution in [-0.2, 0) is 0 Å². The van der Waals surface area contributed by atoms with Crippen LogP contribution in [0.25, 0.3) is 11.3 Å². The summed E-state index contributed by atoms with van der Waals surface area (Å²) in [6.45, 7) is 2.08. The van der Waals surface area contributed by atoms with Gasteiger partial charge >= 0.3 is 0 Å². The fraction of sp³-hybridized carbons (Fsp3) is 0.0833. The summed E-state index contributed by atoms with van der Waals surface area (Å²) >= 11 is 0. The number of aryl methyl sites for hydroxylation is 1. The molecule has 0 fully saturated rings. The lowest BCUT2D eigenvalue weighted by atomic mass is 10.1. The fourth-order valence-electron chi connectivity index (χ4n) is 1.38. The Kier molecular flexibility index (Phi) is 2.09. The van der Waals surface area contributed by atoms with Crippen LogP contribution >= 0.6 is 0 Å². The third-order valence-corrected chi connectivity index (χ3v) is 2.06. The van der Waals surface area contributed by atoms with Crippen LogP contribution < -0.4 is 0 Å². The molecule has 13 heavy (non-hydrogen) atoms. The van der Waals surface area contributed by atoms with E-state index in [0.717, 1.165) is 5.69 Å². The number of aromatic nitrogens is 1. The van der Waals surface area contributed by atoms with E-state index >= 15 is 0 Å². The van der Waals surface area contributed by atoms with Crippen LogP contribution in [0.3, 0.4) is 0 Å². The van der Waals surface area contributed by atoms with Crippen LogP contribution in [0.5, 0.6) is 0 Å². The van der Waals surface area contributed by atoms with Crippen molar-refractivity contribution in [1.29, 1.82) is 0 Å². The fourth-order valence-corrected chi connectivity index (χ4v) is 1.38. The van der Waals surface area contributed by atoms with Gasteiger partial charge in [0.05, 0.1) is 5.69 Å². The molecule has 0 amide bonds. The number of nitrogens with zero attached hydrogens (tertiary/aromatic N) is 1. The standard InChI is InChI=1S/C12H11N/c1-10-6-5-9-13-12(10)11-7-3-2-4-8-11/h2-9H,1H3. The molecule has 1 heterocycles. The number of rotatable bonds is 1. The van der Waals surface area contributed by atoms with Crippen molar-refractivity contribution in [2.75, 3.05) is 0 Å². The average Bonchev–Trinajstić information content (AvgIpc) is 2.20. The molecule has 0 saturated heterocycles. The molecule has 2 aromatic rings. The molecule has 0 bridgehead atoms. The van der Waals surface area contributed by atoms with E-state index in [1.807, 2.05) is 30.5 Å². The molecule has 0 N–H and O–H groups in total. The smallest absolute Gasteiger partial charge is 0.0731 e. The van der Waals surface area contributed by atoms with Gasteiger partial charge in [-0.05, 0) is 18.6 Å². The Morgan fingerprint density at radius 3 is 2.38 bits per heavy atom. The molecule has 1 nitrogen and oxygen atoms in total. The van der Waals surface area contributed by atoms with E-state index in [-0.39, 0.29) is 0 Å². The zero-order valence-corrected chi connectivity index (χ0v) is 7.57. The summed E-state index contributed by atoms with van der Waals surface area (Å²) < 4.78 is 0. The maximum Gasteiger partial charge on any atom is 0.0731 e. The van der Waals surface area contributed by atoms with Crippen molar-refractivity contribution in [2.45, 2.75) is 6.92 Å². The highest BCUT2D eigenvalue weighted by molar-refractivity contribution is 5.62. The van der Waals surface area contributed by atoms with Crippen LogP contribution in [0.2, 0.25) is 0 Å². The summed E-state index contributed by atoms with van der Waals surface area (Å²) in [7, 11) is 0. The molecule has 0 radical (unpaired) electrons. The molecular formula is C12H11N. The van der Waals surface area contributed by atoms with E-state index in [4.69, 9.17) is 0 Å². The van der Waals surface area contributed by atoms with Crippen molar-refractivity contribution in [3.63, 3.8) is 0 Å². The molecule has 1 heteroatoms. The predicted molar refractivity (Wildman–Crippen MR) is 54.4 cm³/mol. The minimum absolute atomic E-state index is 1.07. The maximum absolute atomic E-state index is 4.35. The molecule has 0 aliphatic heterocycles. The summed E-state index contributed by atoms with van der Waals surface area (Å²) in [5.41, 5.74) is 3.47. The molecule has 1 aromatic heterocycles. The van der Waals surface area contributed by atoms with Gasteiger partial charge in [-0.15, -0.1) is 0 Å². The van der Waals surface area contributed by atoms with Crippen molar-refractivity contribution in [1.82, 2.24) is 4.98 Å². The Morgan fingerprint density at radius 2 is 1.69 bits per heavy atom. The van der Waals surface area contributed by atoms with Gasteiger partial charge in [-0.1, -0.05) is 36.4 Å². The summed E-state index contributed by atoms with van der Waals surface area (Å²) in [5.74, 6) is 0. The molecule has 0 atom stereocenters. The second-order valence-corrected chi connectivity index (χ2v) is 3.03. The van der Waals surface area contributed by atoms with E-state index in [2.05, 4.69) is 30.1 Å². The van der Waals surface area contributed by atoms with Gasteiger partial charge in [0.25, 0.3) is 0 Å². The third kappa shape index (κ3) is 1.59. The Labute approximate surface area is 78.1 Å². The lowest BCUT2D eigenvalue weighted by molar-refractivity contribution is 1.27. The summed E-state index contributed by atoms with van der Waals surface area (Å²) in [4.78, 5) is 4.35. The predicted octanol–water partition coefficient (Wildman–Crippen LogP) is 3.06. The van der Waals surface area contributed by atoms with Gasteiger partial charge in [0.1, 0.15) is 0 Å². The molecule has 1 aromatic carbocycles. The van der Waals surface area contributed by atoms with Crippen LogP contribution in [0.15, 0.2) is 48.7 Å². The van der Waals surface area contributed by atoms with E-state index < -0.39 is 0 Å². The number of benzene rings is 1. The minimum Gasteiger partial charge on any atom is -0.256 e. The first-order valence-corrected chi connectivity index (χ1v) is 4.35. The Morgan fingerprint density at radius 1 is 0.923 bits per heavy atom. The zero-order valence-electron chi connectivity index (χ0n) is 7.57.